The van der Waals surface area contributed by atoms with Gasteiger partial charge in [0.05, 0.1) is 29.8 Å². The van der Waals surface area contributed by atoms with E-state index in [1.807, 2.05) is 42.6 Å². The third-order valence-corrected chi connectivity index (χ3v) is 4.85. The number of benzene rings is 1. The van der Waals surface area contributed by atoms with Gasteiger partial charge in [-0.3, -0.25) is 9.12 Å². The van der Waals surface area contributed by atoms with E-state index in [4.69, 9.17) is 11.2 Å². The molecule has 0 bridgehead atoms. The smallest absolute Gasteiger partial charge is 0.229 e. The number of sulfonamides is 1. The highest BCUT2D eigenvalue weighted by molar-refractivity contribution is 7.92. The molecule has 0 radical (unpaired) electrons. The Morgan fingerprint density at radius 3 is 2.74 bits per heavy atom. The van der Waals surface area contributed by atoms with Gasteiger partial charge in [0.2, 0.25) is 10.0 Å². The number of aryl methyl sites for hydroxylation is 2. The maximum absolute atomic E-state index is 11.6. The fourth-order valence-corrected chi connectivity index (χ4v) is 3.56. The molecule has 0 fully saturated rings. The van der Waals surface area contributed by atoms with Crippen LogP contribution in [0.2, 0.25) is 0 Å². The van der Waals surface area contributed by atoms with Gasteiger partial charge in [0, 0.05) is 11.8 Å². The zero-order valence-electron chi connectivity index (χ0n) is 15.5. The van der Waals surface area contributed by atoms with Crippen LogP contribution in [0.5, 0.6) is 5.75 Å². The van der Waals surface area contributed by atoms with Crippen LogP contribution in [-0.4, -0.2) is 24.1 Å². The molecule has 0 aliphatic rings. The summed E-state index contributed by atoms with van der Waals surface area (Å²) in [5.41, 5.74) is 4.72. The van der Waals surface area contributed by atoms with Gasteiger partial charge in [-0.05, 0) is 37.6 Å². The Morgan fingerprint density at radius 1 is 1.26 bits per heavy atom. The fraction of sp³-hybridized carbons (Fsp3) is 0.250. The van der Waals surface area contributed by atoms with E-state index >= 15 is 0 Å². The standard InChI is InChI=1S/C20H21N3O3S/c1-5-8-18-15(3)21-20-19(11-7-12-23(18)20)26-13-16-14(2)9-6-10-17(16)22-27(4,24)25/h1,6-7,9-12,22H,8,13H2,2-4H3. The van der Waals surface area contributed by atoms with Crippen molar-refractivity contribution in [1.29, 1.82) is 0 Å². The monoisotopic (exact) mass is 383 g/mol. The number of anilines is 1. The minimum Gasteiger partial charge on any atom is -0.485 e. The zero-order chi connectivity index (χ0) is 19.6. The first-order valence-electron chi connectivity index (χ1n) is 8.39. The molecule has 0 saturated heterocycles. The summed E-state index contributed by atoms with van der Waals surface area (Å²) in [4.78, 5) is 4.58. The van der Waals surface area contributed by atoms with Gasteiger partial charge in [-0.1, -0.05) is 12.1 Å². The summed E-state index contributed by atoms with van der Waals surface area (Å²) in [6, 6.07) is 9.15. The number of nitrogens with zero attached hydrogens (tertiary/aromatic N) is 2. The summed E-state index contributed by atoms with van der Waals surface area (Å²) >= 11 is 0. The molecule has 7 heteroatoms. The summed E-state index contributed by atoms with van der Waals surface area (Å²) in [7, 11) is -3.38. The summed E-state index contributed by atoms with van der Waals surface area (Å²) in [5, 5.41) is 0. The number of nitrogens with one attached hydrogen (secondary N) is 1. The largest absolute Gasteiger partial charge is 0.485 e. The molecule has 1 N–H and O–H groups in total. The number of aromatic nitrogens is 2. The van der Waals surface area contributed by atoms with Crippen LogP contribution < -0.4 is 9.46 Å². The van der Waals surface area contributed by atoms with Gasteiger partial charge >= 0.3 is 0 Å². The molecule has 3 rings (SSSR count). The number of fused-ring (bicyclic) bond motifs is 1. The van der Waals surface area contributed by atoms with E-state index in [1.54, 1.807) is 12.1 Å². The number of pyridine rings is 1. The summed E-state index contributed by atoms with van der Waals surface area (Å²) in [6.07, 6.45) is 8.97. The van der Waals surface area contributed by atoms with Crippen molar-refractivity contribution >= 4 is 21.4 Å². The van der Waals surface area contributed by atoms with Gasteiger partial charge in [-0.15, -0.1) is 12.3 Å². The molecule has 2 heterocycles. The first-order valence-corrected chi connectivity index (χ1v) is 10.3. The van der Waals surface area contributed by atoms with Crippen molar-refractivity contribution in [2.45, 2.75) is 26.9 Å². The number of rotatable bonds is 6. The lowest BCUT2D eigenvalue weighted by Gasteiger charge is -2.15. The topological polar surface area (TPSA) is 72.7 Å². The van der Waals surface area contributed by atoms with Crippen LogP contribution in [0, 0.1) is 26.2 Å². The van der Waals surface area contributed by atoms with E-state index in [1.165, 1.54) is 0 Å². The van der Waals surface area contributed by atoms with Crippen molar-refractivity contribution in [1.82, 2.24) is 9.38 Å². The molecule has 0 aliphatic carbocycles. The van der Waals surface area contributed by atoms with Crippen LogP contribution in [0.15, 0.2) is 36.5 Å². The molecule has 27 heavy (non-hydrogen) atoms. The second-order valence-electron chi connectivity index (χ2n) is 6.35. The minimum absolute atomic E-state index is 0.209. The van der Waals surface area contributed by atoms with Crippen LogP contribution in [0.1, 0.15) is 22.5 Å². The molecule has 3 aromatic rings. The van der Waals surface area contributed by atoms with E-state index in [0.29, 0.717) is 23.5 Å². The summed E-state index contributed by atoms with van der Waals surface area (Å²) < 4.78 is 33.8. The maximum atomic E-state index is 11.6. The highest BCUT2D eigenvalue weighted by atomic mass is 32.2. The zero-order valence-corrected chi connectivity index (χ0v) is 16.3. The first-order chi connectivity index (χ1) is 12.8. The lowest BCUT2D eigenvalue weighted by atomic mass is 10.1. The number of imidazole rings is 1. The summed E-state index contributed by atoms with van der Waals surface area (Å²) in [5.74, 6) is 3.26. The Bertz CT molecular complexity index is 1140. The minimum atomic E-state index is -3.38. The molecule has 0 unspecified atom stereocenters. The average Bonchev–Trinajstić information content (AvgIpc) is 2.90. The Hall–Kier alpha value is -2.98. The molecule has 0 aliphatic heterocycles. The van der Waals surface area contributed by atoms with Crippen molar-refractivity contribution in [2.24, 2.45) is 0 Å². The molecule has 0 spiro atoms. The lowest BCUT2D eigenvalue weighted by molar-refractivity contribution is 0.308. The van der Waals surface area contributed by atoms with Gasteiger partial charge in [0.25, 0.3) is 0 Å². The normalized spacial score (nSPS) is 11.3. The van der Waals surface area contributed by atoms with Crippen LogP contribution in [0.25, 0.3) is 5.65 Å². The summed E-state index contributed by atoms with van der Waals surface area (Å²) in [6.45, 7) is 4.04. The highest BCUT2D eigenvalue weighted by Gasteiger charge is 2.14. The average molecular weight is 383 g/mol. The molecule has 0 saturated carbocycles. The van der Waals surface area contributed by atoms with Crippen molar-refractivity contribution < 1.29 is 13.2 Å². The number of ether oxygens (including phenoxy) is 1. The third-order valence-electron chi connectivity index (χ3n) is 4.26. The molecule has 6 nitrogen and oxygen atoms in total. The van der Waals surface area contributed by atoms with Crippen LogP contribution >= 0.6 is 0 Å². The first kappa shape index (κ1) is 18.8. The molecular formula is C20H21N3O3S. The number of terminal acetylenes is 1. The number of hydrogen-bond acceptors (Lipinski definition) is 4. The van der Waals surface area contributed by atoms with Crippen molar-refractivity contribution in [3.8, 4) is 18.1 Å². The van der Waals surface area contributed by atoms with Gasteiger partial charge in [-0.25, -0.2) is 13.4 Å². The van der Waals surface area contributed by atoms with Gasteiger partial charge in [0.15, 0.2) is 11.4 Å². The van der Waals surface area contributed by atoms with E-state index in [2.05, 4.69) is 15.6 Å². The third kappa shape index (κ3) is 4.07. The Kier molecular flexibility index (Phi) is 5.10. The molecule has 2 aromatic heterocycles. The van der Waals surface area contributed by atoms with Crippen LogP contribution in [0.4, 0.5) is 5.69 Å². The fourth-order valence-electron chi connectivity index (χ4n) is 2.97. The highest BCUT2D eigenvalue weighted by Crippen LogP contribution is 2.26. The maximum Gasteiger partial charge on any atom is 0.229 e. The molecule has 0 atom stereocenters. The van der Waals surface area contributed by atoms with Gasteiger partial charge < -0.3 is 4.74 Å². The molecular weight excluding hydrogens is 362 g/mol. The second-order valence-corrected chi connectivity index (χ2v) is 8.10. The second kappa shape index (κ2) is 7.33. The number of hydrogen-bond donors (Lipinski definition) is 1. The van der Waals surface area contributed by atoms with Crippen molar-refractivity contribution in [3.63, 3.8) is 0 Å². The van der Waals surface area contributed by atoms with E-state index in [0.717, 1.165) is 28.8 Å². The Morgan fingerprint density at radius 2 is 2.04 bits per heavy atom. The molecule has 140 valence electrons. The van der Waals surface area contributed by atoms with Crippen LogP contribution in [0.3, 0.4) is 0 Å². The van der Waals surface area contributed by atoms with Crippen molar-refractivity contribution in [3.05, 3.63) is 59.0 Å². The SMILES string of the molecule is C#CCc1c(C)nc2c(OCc3c(C)cccc3NS(C)(=O)=O)cccn12. The quantitative estimate of drug-likeness (QED) is 0.664. The molecule has 0 amide bonds. The van der Waals surface area contributed by atoms with Gasteiger partial charge in [0.1, 0.15) is 6.61 Å². The van der Waals surface area contributed by atoms with E-state index in [9.17, 15) is 8.42 Å². The molecule has 1 aromatic carbocycles. The predicted octanol–water partition coefficient (Wildman–Crippen LogP) is 3.08. The van der Waals surface area contributed by atoms with E-state index in [-0.39, 0.29) is 6.61 Å². The Balaban J connectivity index is 1.95. The van der Waals surface area contributed by atoms with E-state index < -0.39 is 10.0 Å². The van der Waals surface area contributed by atoms with Crippen molar-refractivity contribution in [2.75, 3.05) is 11.0 Å². The predicted molar refractivity (Wildman–Crippen MR) is 106 cm³/mol. The van der Waals surface area contributed by atoms with Gasteiger partial charge in [-0.2, -0.15) is 0 Å². The lowest BCUT2D eigenvalue weighted by Crippen LogP contribution is -2.13. The Labute approximate surface area is 159 Å². The van der Waals surface area contributed by atoms with Crippen LogP contribution in [-0.2, 0) is 23.1 Å².